The van der Waals surface area contributed by atoms with Gasteiger partial charge in [-0.15, -0.1) is 0 Å². The number of nitrogens with one attached hydrogen (secondary N) is 2. The first kappa shape index (κ1) is 12.5. The number of benzene rings is 1. The van der Waals surface area contributed by atoms with Crippen LogP contribution in [0.2, 0.25) is 0 Å². The minimum Gasteiger partial charge on any atom is -0.358 e. The Labute approximate surface area is 101 Å². The molecule has 0 aliphatic rings. The van der Waals surface area contributed by atoms with E-state index in [0.717, 1.165) is 6.07 Å². The van der Waals surface area contributed by atoms with E-state index in [4.69, 9.17) is 0 Å². The highest BCUT2D eigenvalue weighted by molar-refractivity contribution is 6.08. The number of rotatable bonds is 2. The van der Waals surface area contributed by atoms with Crippen LogP contribution in [0.25, 0.3) is 10.9 Å². The number of halogens is 3. The lowest BCUT2D eigenvalue weighted by Gasteiger charge is -2.03. The van der Waals surface area contributed by atoms with E-state index in [-0.39, 0.29) is 16.5 Å². The van der Waals surface area contributed by atoms with Gasteiger partial charge in [0.1, 0.15) is 0 Å². The number of hydrogen-bond acceptors (Lipinski definition) is 1. The Hall–Kier alpha value is -1.98. The Kier molecular flexibility index (Phi) is 3.02. The van der Waals surface area contributed by atoms with E-state index in [1.807, 2.05) is 0 Å². The van der Waals surface area contributed by atoms with Crippen molar-refractivity contribution < 1.29 is 18.0 Å². The fraction of sp³-hybridized carbons (Fsp3) is 0.250. The maximum Gasteiger partial charge on any atom is 0.253 e. The van der Waals surface area contributed by atoms with Crippen LogP contribution in [0.3, 0.4) is 0 Å². The average molecular weight is 256 g/mol. The lowest BCUT2D eigenvalue weighted by molar-refractivity contribution is 0.0956. The Morgan fingerprint density at radius 3 is 2.61 bits per heavy atom. The van der Waals surface area contributed by atoms with Crippen LogP contribution < -0.4 is 5.32 Å². The van der Waals surface area contributed by atoms with Crippen LogP contribution in [0.4, 0.5) is 13.2 Å². The normalized spacial score (nSPS) is 10.9. The Morgan fingerprint density at radius 1 is 1.33 bits per heavy atom. The molecule has 3 nitrogen and oxygen atoms in total. The van der Waals surface area contributed by atoms with Crippen molar-refractivity contribution in [1.82, 2.24) is 10.3 Å². The standard InChI is InChI=1S/C12H11F3N2O/c1-3-16-12(18)8-5(2)17-7-4-6(13)10(14)11(15)9(7)8/h4,17H,3H2,1-2H3,(H,16,18). The summed E-state index contributed by atoms with van der Waals surface area (Å²) >= 11 is 0. The molecule has 0 radical (unpaired) electrons. The van der Waals surface area contributed by atoms with Crippen LogP contribution in [0.5, 0.6) is 0 Å². The van der Waals surface area contributed by atoms with Crippen LogP contribution in [0.15, 0.2) is 6.07 Å². The fourth-order valence-electron chi connectivity index (χ4n) is 1.92. The summed E-state index contributed by atoms with van der Waals surface area (Å²) in [5, 5.41) is 2.28. The first-order chi connectivity index (χ1) is 8.47. The maximum atomic E-state index is 13.7. The van der Waals surface area contributed by atoms with Crippen molar-refractivity contribution in [2.24, 2.45) is 0 Å². The highest BCUT2D eigenvalue weighted by atomic mass is 19.2. The zero-order chi connectivity index (χ0) is 13.4. The van der Waals surface area contributed by atoms with Crippen LogP contribution in [-0.4, -0.2) is 17.4 Å². The molecule has 0 bridgehead atoms. The molecule has 2 N–H and O–H groups in total. The first-order valence-corrected chi connectivity index (χ1v) is 5.41. The summed E-state index contributed by atoms with van der Waals surface area (Å²) in [5.41, 5.74) is 0.424. The Morgan fingerprint density at radius 2 is 2.00 bits per heavy atom. The molecule has 0 atom stereocenters. The molecule has 1 aromatic carbocycles. The van der Waals surface area contributed by atoms with Crippen molar-refractivity contribution in [3.05, 3.63) is 34.8 Å². The van der Waals surface area contributed by atoms with E-state index in [1.54, 1.807) is 13.8 Å². The monoisotopic (exact) mass is 256 g/mol. The molecule has 0 aliphatic heterocycles. The van der Waals surface area contributed by atoms with Crippen molar-refractivity contribution >= 4 is 16.8 Å². The summed E-state index contributed by atoms with van der Waals surface area (Å²) in [6.45, 7) is 3.61. The molecule has 0 aliphatic carbocycles. The summed E-state index contributed by atoms with van der Waals surface area (Å²) in [4.78, 5) is 14.4. The van der Waals surface area contributed by atoms with Gasteiger partial charge in [-0.25, -0.2) is 13.2 Å². The highest BCUT2D eigenvalue weighted by Gasteiger charge is 2.23. The van der Waals surface area contributed by atoms with Gasteiger partial charge < -0.3 is 10.3 Å². The van der Waals surface area contributed by atoms with Crippen molar-refractivity contribution in [3.8, 4) is 0 Å². The second-order valence-electron chi connectivity index (χ2n) is 3.89. The van der Waals surface area contributed by atoms with Crippen molar-refractivity contribution in [2.75, 3.05) is 6.54 Å². The lowest BCUT2D eigenvalue weighted by Crippen LogP contribution is -2.23. The van der Waals surface area contributed by atoms with Crippen molar-refractivity contribution in [3.63, 3.8) is 0 Å². The largest absolute Gasteiger partial charge is 0.358 e. The number of carbonyl (C=O) groups excluding carboxylic acids is 1. The number of aromatic amines is 1. The molecule has 1 aromatic heterocycles. The quantitative estimate of drug-likeness (QED) is 0.797. The number of H-pyrrole nitrogens is 1. The third kappa shape index (κ3) is 1.73. The van der Waals surface area contributed by atoms with Gasteiger partial charge in [0.15, 0.2) is 17.5 Å². The van der Waals surface area contributed by atoms with E-state index >= 15 is 0 Å². The smallest absolute Gasteiger partial charge is 0.253 e. The third-order valence-electron chi connectivity index (χ3n) is 2.67. The van der Waals surface area contributed by atoms with Crippen LogP contribution in [-0.2, 0) is 0 Å². The Balaban J connectivity index is 2.78. The van der Waals surface area contributed by atoms with Gasteiger partial charge >= 0.3 is 0 Å². The fourth-order valence-corrected chi connectivity index (χ4v) is 1.92. The molecule has 0 saturated heterocycles. The van der Waals surface area contributed by atoms with E-state index in [1.165, 1.54) is 0 Å². The van der Waals surface area contributed by atoms with Crippen LogP contribution in [0, 0.1) is 24.4 Å². The second kappa shape index (κ2) is 4.36. The van der Waals surface area contributed by atoms with E-state index < -0.39 is 23.4 Å². The molecule has 0 saturated carbocycles. The second-order valence-corrected chi connectivity index (χ2v) is 3.89. The topological polar surface area (TPSA) is 44.9 Å². The van der Waals surface area contributed by atoms with Gasteiger partial charge in [-0.1, -0.05) is 0 Å². The molecule has 96 valence electrons. The minimum atomic E-state index is -1.58. The molecule has 1 amide bonds. The average Bonchev–Trinajstić information content (AvgIpc) is 2.63. The highest BCUT2D eigenvalue weighted by Crippen LogP contribution is 2.28. The molecule has 2 rings (SSSR count). The summed E-state index contributed by atoms with van der Waals surface area (Å²) in [7, 11) is 0. The van der Waals surface area contributed by atoms with E-state index in [0.29, 0.717) is 12.2 Å². The molecule has 2 aromatic rings. The van der Waals surface area contributed by atoms with Gasteiger partial charge in [0, 0.05) is 18.3 Å². The molecule has 1 heterocycles. The van der Waals surface area contributed by atoms with Crippen molar-refractivity contribution in [1.29, 1.82) is 0 Å². The van der Waals surface area contributed by atoms with Crippen LogP contribution >= 0.6 is 0 Å². The van der Waals surface area contributed by atoms with Gasteiger partial charge in [0.2, 0.25) is 0 Å². The molecule has 0 spiro atoms. The molecular formula is C12H11F3N2O. The Bertz CT molecular complexity index is 634. The zero-order valence-corrected chi connectivity index (χ0v) is 9.83. The number of amides is 1. The molecular weight excluding hydrogens is 245 g/mol. The summed E-state index contributed by atoms with van der Waals surface area (Å²) < 4.78 is 40.0. The predicted molar refractivity (Wildman–Crippen MR) is 60.9 cm³/mol. The lowest BCUT2D eigenvalue weighted by atomic mass is 10.1. The number of aryl methyl sites for hydroxylation is 1. The number of aromatic nitrogens is 1. The van der Waals surface area contributed by atoms with Gasteiger partial charge in [0.25, 0.3) is 5.91 Å². The third-order valence-corrected chi connectivity index (χ3v) is 2.67. The first-order valence-electron chi connectivity index (χ1n) is 5.41. The van der Waals surface area contributed by atoms with Gasteiger partial charge in [-0.2, -0.15) is 0 Å². The van der Waals surface area contributed by atoms with Gasteiger partial charge in [0.05, 0.1) is 16.5 Å². The summed E-state index contributed by atoms with van der Waals surface area (Å²) in [5.74, 6) is -4.74. The maximum absolute atomic E-state index is 13.7. The SMILES string of the molecule is CCNC(=O)c1c(C)[nH]c2cc(F)c(F)c(F)c12. The molecule has 6 heteroatoms. The molecule has 0 fully saturated rings. The number of fused-ring (bicyclic) bond motifs is 1. The van der Waals surface area contributed by atoms with E-state index in [9.17, 15) is 18.0 Å². The molecule has 18 heavy (non-hydrogen) atoms. The van der Waals surface area contributed by atoms with Gasteiger partial charge in [-0.05, 0) is 13.8 Å². The predicted octanol–water partition coefficient (Wildman–Crippen LogP) is 2.64. The summed E-state index contributed by atoms with van der Waals surface area (Å²) in [6.07, 6.45) is 0. The number of hydrogen-bond donors (Lipinski definition) is 2. The summed E-state index contributed by atoms with van der Waals surface area (Å²) in [6, 6.07) is 0.837. The van der Waals surface area contributed by atoms with Crippen molar-refractivity contribution in [2.45, 2.75) is 13.8 Å². The number of carbonyl (C=O) groups is 1. The molecule has 0 unspecified atom stereocenters. The minimum absolute atomic E-state index is 0.00301. The zero-order valence-electron chi connectivity index (χ0n) is 9.83. The van der Waals surface area contributed by atoms with Gasteiger partial charge in [-0.3, -0.25) is 4.79 Å². The van der Waals surface area contributed by atoms with E-state index in [2.05, 4.69) is 10.3 Å². The van der Waals surface area contributed by atoms with Crippen LogP contribution in [0.1, 0.15) is 23.0 Å².